The van der Waals surface area contributed by atoms with Crippen LogP contribution in [0.1, 0.15) is 22.1 Å². The molecule has 134 valence electrons. The molecule has 0 aliphatic carbocycles. The number of fused-ring (bicyclic) bond motifs is 1. The van der Waals surface area contributed by atoms with Crippen LogP contribution in [0.25, 0.3) is 34.5 Å². The summed E-state index contributed by atoms with van der Waals surface area (Å²) in [5.74, 6) is 1.65. The number of hydrogen-bond acceptors (Lipinski definition) is 4. The van der Waals surface area contributed by atoms with Crippen LogP contribution in [-0.4, -0.2) is 19.1 Å². The number of benzene rings is 2. The minimum Gasteiger partial charge on any atom is -0.457 e. The first-order valence-electron chi connectivity index (χ1n) is 8.76. The molecule has 0 unspecified atom stereocenters. The van der Waals surface area contributed by atoms with Crippen LogP contribution in [-0.2, 0) is 0 Å². The summed E-state index contributed by atoms with van der Waals surface area (Å²) in [7, 11) is 4.08. The van der Waals surface area contributed by atoms with Gasteiger partial charge in [-0.25, -0.2) is 4.98 Å². The van der Waals surface area contributed by atoms with Gasteiger partial charge in [0, 0.05) is 19.8 Å². The SMILES string of the molecule is CN(C)c1ccc(/C=C/c2ccc(/C=C/c3nc4ccccc4s3)o2)cc1. The molecule has 0 N–H and O–H groups in total. The van der Waals surface area contributed by atoms with Crippen molar-refractivity contribution in [3.63, 3.8) is 0 Å². The van der Waals surface area contributed by atoms with Gasteiger partial charge in [-0.3, -0.25) is 0 Å². The van der Waals surface area contributed by atoms with Crippen molar-refractivity contribution in [2.24, 2.45) is 0 Å². The Morgan fingerprint density at radius 3 is 2.22 bits per heavy atom. The van der Waals surface area contributed by atoms with E-state index in [1.807, 2.05) is 62.7 Å². The van der Waals surface area contributed by atoms with Crippen molar-refractivity contribution in [2.45, 2.75) is 0 Å². The van der Waals surface area contributed by atoms with Gasteiger partial charge in [-0.05, 0) is 60.2 Å². The van der Waals surface area contributed by atoms with Gasteiger partial charge in [0.05, 0.1) is 10.2 Å². The number of rotatable bonds is 5. The molecule has 0 saturated carbocycles. The molecule has 3 nitrogen and oxygen atoms in total. The largest absolute Gasteiger partial charge is 0.457 e. The van der Waals surface area contributed by atoms with Crippen LogP contribution in [0.2, 0.25) is 0 Å². The molecule has 0 amide bonds. The third-order valence-corrected chi connectivity index (χ3v) is 5.20. The second-order valence-electron chi connectivity index (χ2n) is 6.41. The number of thiazole rings is 1. The zero-order valence-corrected chi connectivity index (χ0v) is 16.1. The Bertz CT molecular complexity index is 1070. The normalized spacial score (nSPS) is 11.8. The van der Waals surface area contributed by atoms with Crippen LogP contribution in [0, 0.1) is 0 Å². The molecule has 0 radical (unpaired) electrons. The van der Waals surface area contributed by atoms with Gasteiger partial charge in [-0.1, -0.05) is 30.3 Å². The topological polar surface area (TPSA) is 29.3 Å². The number of aromatic nitrogens is 1. The molecule has 4 aromatic rings. The monoisotopic (exact) mass is 372 g/mol. The van der Waals surface area contributed by atoms with Crippen LogP contribution >= 0.6 is 11.3 Å². The van der Waals surface area contributed by atoms with Gasteiger partial charge in [-0.15, -0.1) is 11.3 Å². The molecule has 0 spiro atoms. The molecule has 0 fully saturated rings. The van der Waals surface area contributed by atoms with E-state index < -0.39 is 0 Å². The summed E-state index contributed by atoms with van der Waals surface area (Å²) in [5, 5.41) is 0.977. The van der Waals surface area contributed by atoms with E-state index in [2.05, 4.69) is 46.3 Å². The van der Waals surface area contributed by atoms with Gasteiger partial charge < -0.3 is 9.32 Å². The van der Waals surface area contributed by atoms with Gasteiger partial charge in [0.1, 0.15) is 16.5 Å². The van der Waals surface area contributed by atoms with E-state index in [-0.39, 0.29) is 0 Å². The van der Waals surface area contributed by atoms with E-state index in [1.54, 1.807) is 11.3 Å². The Morgan fingerprint density at radius 1 is 0.815 bits per heavy atom. The van der Waals surface area contributed by atoms with Gasteiger partial charge in [-0.2, -0.15) is 0 Å². The number of para-hydroxylation sites is 1. The van der Waals surface area contributed by atoms with E-state index in [1.165, 1.54) is 10.4 Å². The quantitative estimate of drug-likeness (QED) is 0.412. The smallest absolute Gasteiger partial charge is 0.127 e. The Morgan fingerprint density at radius 2 is 1.52 bits per heavy atom. The fourth-order valence-corrected chi connectivity index (χ4v) is 3.59. The first-order chi connectivity index (χ1) is 13.2. The molecule has 4 heteroatoms. The van der Waals surface area contributed by atoms with Gasteiger partial charge >= 0.3 is 0 Å². The average molecular weight is 372 g/mol. The van der Waals surface area contributed by atoms with Crippen LogP contribution in [0.15, 0.2) is 65.1 Å². The first-order valence-corrected chi connectivity index (χ1v) is 9.58. The maximum atomic E-state index is 5.86. The highest BCUT2D eigenvalue weighted by Gasteiger charge is 2.01. The molecular weight excluding hydrogens is 352 g/mol. The lowest BCUT2D eigenvalue weighted by atomic mass is 10.2. The van der Waals surface area contributed by atoms with Crippen LogP contribution in [0.4, 0.5) is 5.69 Å². The second kappa shape index (κ2) is 7.64. The van der Waals surface area contributed by atoms with E-state index in [4.69, 9.17) is 4.42 Å². The van der Waals surface area contributed by atoms with E-state index in [9.17, 15) is 0 Å². The number of hydrogen-bond donors (Lipinski definition) is 0. The average Bonchev–Trinajstić information content (AvgIpc) is 3.31. The van der Waals surface area contributed by atoms with Crippen molar-refractivity contribution in [3.05, 3.63) is 82.8 Å². The summed E-state index contributed by atoms with van der Waals surface area (Å²) in [6.07, 6.45) is 8.00. The molecular formula is C23H20N2OS. The standard InChI is InChI=1S/C23H20N2OS/c1-25(2)18-10-7-17(8-11-18)9-12-19-13-14-20(26-19)15-16-23-24-21-5-3-4-6-22(21)27-23/h3-16H,1-2H3/b12-9+,16-15+. The van der Waals surface area contributed by atoms with E-state index in [0.29, 0.717) is 0 Å². The molecule has 2 aromatic heterocycles. The van der Waals surface area contributed by atoms with Crippen molar-refractivity contribution in [1.29, 1.82) is 0 Å². The highest BCUT2D eigenvalue weighted by atomic mass is 32.1. The summed E-state index contributed by atoms with van der Waals surface area (Å²) >= 11 is 1.68. The minimum absolute atomic E-state index is 0.817. The third-order valence-electron chi connectivity index (χ3n) is 4.20. The zero-order chi connectivity index (χ0) is 18.6. The van der Waals surface area contributed by atoms with E-state index in [0.717, 1.165) is 27.6 Å². The summed E-state index contributed by atoms with van der Waals surface area (Å²) in [4.78, 5) is 6.69. The van der Waals surface area contributed by atoms with Crippen molar-refractivity contribution in [2.75, 3.05) is 19.0 Å². The zero-order valence-electron chi connectivity index (χ0n) is 15.3. The summed E-state index contributed by atoms with van der Waals surface area (Å²) in [6, 6.07) is 20.5. The Hall–Kier alpha value is -3.11. The van der Waals surface area contributed by atoms with Crippen LogP contribution in [0.3, 0.4) is 0 Å². The molecule has 27 heavy (non-hydrogen) atoms. The molecule has 2 aromatic carbocycles. The molecule has 4 rings (SSSR count). The first kappa shape index (κ1) is 17.3. The third kappa shape index (κ3) is 4.18. The van der Waals surface area contributed by atoms with Gasteiger partial charge in [0.25, 0.3) is 0 Å². The maximum absolute atomic E-state index is 5.86. The molecule has 0 atom stereocenters. The predicted molar refractivity (Wildman–Crippen MR) is 117 cm³/mol. The fraction of sp³-hybridized carbons (Fsp3) is 0.0870. The van der Waals surface area contributed by atoms with Crippen molar-refractivity contribution in [1.82, 2.24) is 4.98 Å². The van der Waals surface area contributed by atoms with Crippen molar-refractivity contribution >= 4 is 51.5 Å². The van der Waals surface area contributed by atoms with Crippen LogP contribution in [0.5, 0.6) is 0 Å². The summed E-state index contributed by atoms with van der Waals surface area (Å²) < 4.78 is 7.05. The maximum Gasteiger partial charge on any atom is 0.127 e. The summed E-state index contributed by atoms with van der Waals surface area (Å²) in [5.41, 5.74) is 3.36. The molecule has 2 heterocycles. The lowest BCUT2D eigenvalue weighted by Gasteiger charge is -2.11. The molecule has 0 bridgehead atoms. The lowest BCUT2D eigenvalue weighted by molar-refractivity contribution is 0.547. The lowest BCUT2D eigenvalue weighted by Crippen LogP contribution is -2.07. The van der Waals surface area contributed by atoms with Gasteiger partial charge in [0.15, 0.2) is 0 Å². The highest BCUT2D eigenvalue weighted by Crippen LogP contribution is 2.23. The van der Waals surface area contributed by atoms with Crippen molar-refractivity contribution < 1.29 is 4.42 Å². The van der Waals surface area contributed by atoms with Crippen molar-refractivity contribution in [3.8, 4) is 0 Å². The number of furan rings is 1. The Balaban J connectivity index is 1.44. The molecule has 0 aliphatic rings. The predicted octanol–water partition coefficient (Wildman–Crippen LogP) is 6.30. The second-order valence-corrected chi connectivity index (χ2v) is 7.47. The van der Waals surface area contributed by atoms with Crippen LogP contribution < -0.4 is 4.90 Å². The Labute approximate surface area is 162 Å². The minimum atomic E-state index is 0.817. The number of anilines is 1. The fourth-order valence-electron chi connectivity index (χ4n) is 2.72. The highest BCUT2D eigenvalue weighted by molar-refractivity contribution is 7.19. The van der Waals surface area contributed by atoms with Gasteiger partial charge in [0.2, 0.25) is 0 Å². The Kier molecular flexibility index (Phi) is 4.90. The number of nitrogens with zero attached hydrogens (tertiary/aromatic N) is 2. The van der Waals surface area contributed by atoms with E-state index >= 15 is 0 Å². The molecule has 0 aliphatic heterocycles. The summed E-state index contributed by atoms with van der Waals surface area (Å²) in [6.45, 7) is 0. The molecule has 0 saturated heterocycles.